The molecule has 1 atom stereocenters. The van der Waals surface area contributed by atoms with Gasteiger partial charge in [0, 0.05) is 23.1 Å². The summed E-state index contributed by atoms with van der Waals surface area (Å²) in [5.74, 6) is -1.22. The molecule has 210 valence electrons. The molecule has 4 N–H and O–H groups in total. The van der Waals surface area contributed by atoms with Crippen LogP contribution in [-0.4, -0.2) is 46.7 Å². The number of aliphatic hydroxyl groups excluding tert-OH is 1. The van der Waals surface area contributed by atoms with Crippen LogP contribution in [0.1, 0.15) is 43.5 Å². The van der Waals surface area contributed by atoms with Gasteiger partial charge in [-0.3, -0.25) is 14.5 Å². The zero-order valence-corrected chi connectivity index (χ0v) is 23.7. The van der Waals surface area contributed by atoms with Gasteiger partial charge in [0.25, 0.3) is 11.8 Å². The maximum atomic E-state index is 13.4. The van der Waals surface area contributed by atoms with Crippen LogP contribution in [0.4, 0.5) is 10.1 Å². The molecule has 0 aromatic heterocycles. The number of benzene rings is 4. The number of aromatic hydroxyl groups is 1. The van der Waals surface area contributed by atoms with Crippen molar-refractivity contribution in [3.05, 3.63) is 129 Å². The first-order valence-corrected chi connectivity index (χ1v) is 13.4. The second-order valence-electron chi connectivity index (χ2n) is 9.40. The molecule has 0 heterocycles. The molecule has 0 saturated heterocycles. The van der Waals surface area contributed by atoms with E-state index in [1.165, 1.54) is 36.5 Å². The Morgan fingerprint density at radius 1 is 1.00 bits per heavy atom. The van der Waals surface area contributed by atoms with Crippen LogP contribution in [0.25, 0.3) is 0 Å². The first-order valence-electron chi connectivity index (χ1n) is 12.6. The minimum absolute atomic E-state index is 0.143. The number of carbonyl (C=O) groups excluding carboxylic acids is 2. The average Bonchev–Trinajstić information content (AvgIpc) is 2.94. The van der Waals surface area contributed by atoms with Crippen LogP contribution < -0.4 is 10.7 Å². The van der Waals surface area contributed by atoms with E-state index in [-0.39, 0.29) is 11.3 Å². The summed E-state index contributed by atoms with van der Waals surface area (Å²) in [6, 6.07) is 24.1. The Bertz CT molecular complexity index is 1550. The van der Waals surface area contributed by atoms with Crippen molar-refractivity contribution in [3.63, 3.8) is 0 Å². The molecular formula is C31H28BrFN4O4. The molecular weight excluding hydrogens is 591 g/mol. The molecule has 8 nitrogen and oxygen atoms in total. The monoisotopic (exact) mass is 618 g/mol. The Hall–Kier alpha value is -4.38. The fraction of sp³-hybridized carbons (Fsp3) is 0.129. The SMILES string of the molecule is CN(Cc1ccc(C(=O)Nc2ccc(Br)cc2C(=O)NN=Cc2cccc(F)c2)cc1)CC(O)c1ccc(O)cc1. The average molecular weight is 619 g/mol. The third-order valence-electron chi connectivity index (χ3n) is 6.13. The molecule has 0 aliphatic carbocycles. The molecule has 4 rings (SSSR count). The molecule has 0 saturated carbocycles. The standard InChI is InChI=1S/C31H28BrFN4O4/c1-37(19-29(39)22-9-12-26(38)13-10-22)18-20-5-7-23(8-6-20)30(40)35-28-14-11-24(32)16-27(28)31(41)36-34-17-21-3-2-4-25(33)15-21/h2-17,29,38-39H,18-19H2,1H3,(H,35,40)(H,36,41). The summed E-state index contributed by atoms with van der Waals surface area (Å²) in [6.45, 7) is 0.928. The van der Waals surface area contributed by atoms with E-state index >= 15 is 0 Å². The van der Waals surface area contributed by atoms with Crippen LogP contribution >= 0.6 is 15.9 Å². The van der Waals surface area contributed by atoms with Gasteiger partial charge in [-0.1, -0.05) is 52.3 Å². The van der Waals surface area contributed by atoms with Crippen molar-refractivity contribution in [2.75, 3.05) is 18.9 Å². The van der Waals surface area contributed by atoms with Crippen LogP contribution in [0, 0.1) is 5.82 Å². The van der Waals surface area contributed by atoms with Crippen molar-refractivity contribution in [1.82, 2.24) is 10.3 Å². The van der Waals surface area contributed by atoms with Gasteiger partial charge >= 0.3 is 0 Å². The van der Waals surface area contributed by atoms with Gasteiger partial charge < -0.3 is 15.5 Å². The van der Waals surface area contributed by atoms with E-state index < -0.39 is 23.7 Å². The summed E-state index contributed by atoms with van der Waals surface area (Å²) < 4.78 is 14.0. The lowest BCUT2D eigenvalue weighted by Crippen LogP contribution is -2.24. The highest BCUT2D eigenvalue weighted by Crippen LogP contribution is 2.23. The Labute approximate surface area is 245 Å². The summed E-state index contributed by atoms with van der Waals surface area (Å²) in [6.07, 6.45) is 0.611. The Balaban J connectivity index is 1.36. The van der Waals surface area contributed by atoms with Crippen LogP contribution in [0.3, 0.4) is 0 Å². The predicted octanol–water partition coefficient (Wildman–Crippen LogP) is 5.48. The molecule has 4 aromatic carbocycles. The van der Waals surface area contributed by atoms with E-state index in [4.69, 9.17) is 0 Å². The van der Waals surface area contributed by atoms with E-state index in [1.807, 2.05) is 24.1 Å². The fourth-order valence-electron chi connectivity index (χ4n) is 4.06. The number of halogens is 2. The van der Waals surface area contributed by atoms with Gasteiger partial charge in [-0.05, 0) is 78.3 Å². The molecule has 0 spiro atoms. The zero-order valence-electron chi connectivity index (χ0n) is 22.1. The lowest BCUT2D eigenvalue weighted by Gasteiger charge is -2.21. The Kier molecular flexibility index (Phi) is 9.96. The van der Waals surface area contributed by atoms with E-state index in [0.717, 1.165) is 5.56 Å². The summed E-state index contributed by atoms with van der Waals surface area (Å²) in [4.78, 5) is 27.8. The summed E-state index contributed by atoms with van der Waals surface area (Å²) in [5.41, 5.74) is 5.43. The molecule has 1 unspecified atom stereocenters. The number of aliphatic hydroxyl groups is 1. The van der Waals surface area contributed by atoms with E-state index in [0.29, 0.717) is 39.9 Å². The molecule has 0 aliphatic rings. The molecule has 2 amide bonds. The third-order valence-corrected chi connectivity index (χ3v) is 6.63. The lowest BCUT2D eigenvalue weighted by molar-refractivity contribution is 0.0956. The number of carbonyl (C=O) groups is 2. The smallest absolute Gasteiger partial charge is 0.273 e. The van der Waals surface area contributed by atoms with Gasteiger partial charge in [-0.25, -0.2) is 9.82 Å². The van der Waals surface area contributed by atoms with Crippen LogP contribution in [0.5, 0.6) is 5.75 Å². The number of likely N-dealkylation sites (N-methyl/N-ethyl adjacent to an activating group) is 1. The molecule has 4 aromatic rings. The predicted molar refractivity (Wildman–Crippen MR) is 159 cm³/mol. The van der Waals surface area contributed by atoms with E-state index in [9.17, 15) is 24.2 Å². The van der Waals surface area contributed by atoms with Gasteiger partial charge in [-0.2, -0.15) is 5.10 Å². The van der Waals surface area contributed by atoms with Gasteiger partial charge in [-0.15, -0.1) is 0 Å². The minimum Gasteiger partial charge on any atom is -0.508 e. The number of hydrogen-bond donors (Lipinski definition) is 4. The second-order valence-corrected chi connectivity index (χ2v) is 10.3. The van der Waals surface area contributed by atoms with Gasteiger partial charge in [0.05, 0.1) is 23.6 Å². The highest BCUT2D eigenvalue weighted by Gasteiger charge is 2.16. The second kappa shape index (κ2) is 13.8. The highest BCUT2D eigenvalue weighted by molar-refractivity contribution is 9.10. The highest BCUT2D eigenvalue weighted by atomic mass is 79.9. The Morgan fingerprint density at radius 3 is 2.44 bits per heavy atom. The molecule has 0 aliphatic heterocycles. The number of hydrogen-bond acceptors (Lipinski definition) is 6. The summed E-state index contributed by atoms with van der Waals surface area (Å²) in [5, 5.41) is 26.6. The van der Waals surface area contributed by atoms with Crippen molar-refractivity contribution in [2.45, 2.75) is 12.6 Å². The van der Waals surface area contributed by atoms with Gasteiger partial charge in [0.15, 0.2) is 0 Å². The van der Waals surface area contributed by atoms with Crippen molar-refractivity contribution in [3.8, 4) is 5.75 Å². The largest absolute Gasteiger partial charge is 0.508 e. The molecule has 0 fully saturated rings. The van der Waals surface area contributed by atoms with Crippen molar-refractivity contribution in [1.29, 1.82) is 0 Å². The maximum Gasteiger partial charge on any atom is 0.273 e. The lowest BCUT2D eigenvalue weighted by atomic mass is 10.1. The zero-order chi connectivity index (χ0) is 29.4. The number of rotatable bonds is 10. The van der Waals surface area contributed by atoms with Crippen molar-refractivity contribution < 1.29 is 24.2 Å². The number of hydrazone groups is 1. The van der Waals surface area contributed by atoms with E-state index in [1.54, 1.807) is 48.5 Å². The maximum absolute atomic E-state index is 13.4. The minimum atomic E-state index is -0.713. The summed E-state index contributed by atoms with van der Waals surface area (Å²) in [7, 11) is 1.88. The van der Waals surface area contributed by atoms with Crippen LogP contribution in [0.2, 0.25) is 0 Å². The molecule has 10 heteroatoms. The van der Waals surface area contributed by atoms with Crippen molar-refractivity contribution >= 4 is 39.6 Å². The number of nitrogens with one attached hydrogen (secondary N) is 2. The number of anilines is 1. The number of amides is 2. The Morgan fingerprint density at radius 2 is 1.73 bits per heavy atom. The molecule has 41 heavy (non-hydrogen) atoms. The molecule has 0 bridgehead atoms. The van der Waals surface area contributed by atoms with Gasteiger partial charge in [0.1, 0.15) is 11.6 Å². The number of nitrogens with zero attached hydrogens (tertiary/aromatic N) is 2. The number of phenols is 1. The molecule has 0 radical (unpaired) electrons. The van der Waals surface area contributed by atoms with Crippen LogP contribution in [-0.2, 0) is 6.54 Å². The summed E-state index contributed by atoms with van der Waals surface area (Å²) >= 11 is 3.34. The quantitative estimate of drug-likeness (QED) is 0.139. The topological polar surface area (TPSA) is 114 Å². The van der Waals surface area contributed by atoms with Gasteiger partial charge in [0.2, 0.25) is 0 Å². The first kappa shape index (κ1) is 29.6. The normalized spacial score (nSPS) is 11.9. The van der Waals surface area contributed by atoms with Crippen LogP contribution in [0.15, 0.2) is 101 Å². The third kappa shape index (κ3) is 8.55. The fourth-order valence-corrected chi connectivity index (χ4v) is 4.42. The van der Waals surface area contributed by atoms with E-state index in [2.05, 4.69) is 31.8 Å². The van der Waals surface area contributed by atoms with Crippen molar-refractivity contribution in [2.24, 2.45) is 5.10 Å². The first-order chi connectivity index (χ1) is 19.7. The number of phenolic OH excluding ortho intramolecular Hbond substituents is 1.